The summed E-state index contributed by atoms with van der Waals surface area (Å²) in [5.41, 5.74) is 5.65. The first kappa shape index (κ1) is 21.7. The first-order valence-corrected chi connectivity index (χ1v) is 10.3. The molecule has 6 heteroatoms. The van der Waals surface area contributed by atoms with E-state index in [4.69, 9.17) is 0 Å². The van der Waals surface area contributed by atoms with Crippen molar-refractivity contribution < 1.29 is 4.79 Å². The van der Waals surface area contributed by atoms with Gasteiger partial charge in [0.25, 0.3) is 5.91 Å². The van der Waals surface area contributed by atoms with Gasteiger partial charge in [0, 0.05) is 36.8 Å². The molecule has 0 radical (unpaired) electrons. The second-order valence-corrected chi connectivity index (χ2v) is 8.05. The van der Waals surface area contributed by atoms with E-state index < -0.39 is 0 Å². The second kappa shape index (κ2) is 10.2. The number of carbonyl (C=O) groups is 1. The Hall–Kier alpha value is -2.96. The van der Waals surface area contributed by atoms with Crippen molar-refractivity contribution in [2.75, 3.05) is 27.2 Å². The van der Waals surface area contributed by atoms with Crippen LogP contribution in [-0.4, -0.2) is 54.2 Å². The highest BCUT2D eigenvalue weighted by molar-refractivity contribution is 5.95. The third kappa shape index (κ3) is 6.02. The summed E-state index contributed by atoms with van der Waals surface area (Å²) in [5.74, 6) is -0.0719. The van der Waals surface area contributed by atoms with Crippen LogP contribution < -0.4 is 10.6 Å². The van der Waals surface area contributed by atoms with E-state index in [9.17, 15) is 4.79 Å². The molecule has 158 valence electrons. The average molecular weight is 406 g/mol. The summed E-state index contributed by atoms with van der Waals surface area (Å²) in [7, 11) is 4.15. The fourth-order valence-electron chi connectivity index (χ4n) is 3.12. The molecule has 0 aliphatic carbocycles. The van der Waals surface area contributed by atoms with Gasteiger partial charge in [-0.3, -0.25) is 9.89 Å². The summed E-state index contributed by atoms with van der Waals surface area (Å²) in [5, 5.41) is 13.9. The standard InChI is InChI=1S/C24H31N5O/c1-17(2)26-24(30)21-7-5-6-20(14-21)23-15-22(27-28-23)19-10-8-18(9-11-19)16-25-12-13-29(3)4/h5-11,14-15,17,25H,12-13,16H2,1-4H3,(H,26,30)(H,27,28). The minimum absolute atomic E-state index is 0.0719. The van der Waals surface area contributed by atoms with E-state index in [2.05, 4.69) is 64.1 Å². The Balaban J connectivity index is 1.67. The summed E-state index contributed by atoms with van der Waals surface area (Å²) in [6, 6.07) is 18.1. The van der Waals surface area contributed by atoms with Gasteiger partial charge in [0.2, 0.25) is 0 Å². The fourth-order valence-corrected chi connectivity index (χ4v) is 3.12. The molecular formula is C24H31N5O. The molecule has 0 atom stereocenters. The number of aromatic amines is 1. The smallest absolute Gasteiger partial charge is 0.251 e. The Morgan fingerprint density at radius 1 is 1.07 bits per heavy atom. The Kier molecular flexibility index (Phi) is 7.38. The molecule has 3 aromatic rings. The van der Waals surface area contributed by atoms with Crippen LogP contribution in [0.1, 0.15) is 29.8 Å². The van der Waals surface area contributed by atoms with Crippen LogP contribution in [0, 0.1) is 0 Å². The van der Waals surface area contributed by atoms with Crippen LogP contribution in [0.5, 0.6) is 0 Å². The van der Waals surface area contributed by atoms with Crippen molar-refractivity contribution >= 4 is 5.91 Å². The number of likely N-dealkylation sites (N-methyl/N-ethyl adjacent to an activating group) is 1. The van der Waals surface area contributed by atoms with Crippen molar-refractivity contribution in [2.24, 2.45) is 0 Å². The number of nitrogens with one attached hydrogen (secondary N) is 3. The van der Waals surface area contributed by atoms with E-state index in [1.807, 2.05) is 44.2 Å². The lowest BCUT2D eigenvalue weighted by molar-refractivity contribution is 0.0943. The Morgan fingerprint density at radius 3 is 2.53 bits per heavy atom. The quantitative estimate of drug-likeness (QED) is 0.476. The van der Waals surface area contributed by atoms with Crippen LogP contribution in [0.2, 0.25) is 0 Å². The molecule has 2 aromatic carbocycles. The van der Waals surface area contributed by atoms with E-state index in [0.29, 0.717) is 5.56 Å². The van der Waals surface area contributed by atoms with Crippen molar-refractivity contribution in [1.82, 2.24) is 25.7 Å². The molecule has 3 rings (SSSR count). The summed E-state index contributed by atoms with van der Waals surface area (Å²) >= 11 is 0. The number of amides is 1. The van der Waals surface area contributed by atoms with Gasteiger partial charge in [-0.05, 0) is 57.3 Å². The normalized spacial score (nSPS) is 11.3. The molecule has 1 heterocycles. The number of aromatic nitrogens is 2. The van der Waals surface area contributed by atoms with Gasteiger partial charge in [0.1, 0.15) is 0 Å². The van der Waals surface area contributed by atoms with E-state index >= 15 is 0 Å². The van der Waals surface area contributed by atoms with Crippen molar-refractivity contribution in [3.8, 4) is 22.5 Å². The number of benzene rings is 2. The van der Waals surface area contributed by atoms with Crippen LogP contribution in [0.4, 0.5) is 0 Å². The number of nitrogens with zero attached hydrogens (tertiary/aromatic N) is 2. The molecule has 0 saturated carbocycles. The van der Waals surface area contributed by atoms with Crippen LogP contribution in [-0.2, 0) is 6.54 Å². The van der Waals surface area contributed by atoms with Gasteiger partial charge >= 0.3 is 0 Å². The molecule has 30 heavy (non-hydrogen) atoms. The molecule has 0 saturated heterocycles. The van der Waals surface area contributed by atoms with Gasteiger partial charge < -0.3 is 15.5 Å². The number of hydrogen-bond donors (Lipinski definition) is 3. The topological polar surface area (TPSA) is 73.1 Å². The van der Waals surface area contributed by atoms with Gasteiger partial charge in [0.05, 0.1) is 11.4 Å². The van der Waals surface area contributed by atoms with Gasteiger partial charge in [-0.2, -0.15) is 5.10 Å². The zero-order valence-electron chi connectivity index (χ0n) is 18.2. The van der Waals surface area contributed by atoms with E-state index in [-0.39, 0.29) is 11.9 Å². The largest absolute Gasteiger partial charge is 0.350 e. The number of hydrogen-bond acceptors (Lipinski definition) is 4. The summed E-state index contributed by atoms with van der Waals surface area (Å²) in [4.78, 5) is 14.4. The first-order valence-electron chi connectivity index (χ1n) is 10.3. The molecule has 1 amide bonds. The van der Waals surface area contributed by atoms with E-state index in [1.165, 1.54) is 5.56 Å². The van der Waals surface area contributed by atoms with Crippen molar-refractivity contribution in [2.45, 2.75) is 26.4 Å². The molecule has 3 N–H and O–H groups in total. The zero-order chi connectivity index (χ0) is 21.5. The summed E-state index contributed by atoms with van der Waals surface area (Å²) in [6.45, 7) is 6.75. The van der Waals surface area contributed by atoms with Gasteiger partial charge in [-0.25, -0.2) is 0 Å². The molecule has 1 aromatic heterocycles. The van der Waals surface area contributed by atoms with Crippen LogP contribution in [0.15, 0.2) is 54.6 Å². The minimum atomic E-state index is -0.0719. The fraction of sp³-hybridized carbons (Fsp3) is 0.333. The van der Waals surface area contributed by atoms with Crippen molar-refractivity contribution in [1.29, 1.82) is 0 Å². The predicted molar refractivity (Wildman–Crippen MR) is 122 cm³/mol. The molecule has 0 aliphatic heterocycles. The Bertz CT molecular complexity index is 960. The third-order valence-electron chi connectivity index (χ3n) is 4.75. The van der Waals surface area contributed by atoms with E-state index in [1.54, 1.807) is 0 Å². The number of H-pyrrole nitrogens is 1. The lowest BCUT2D eigenvalue weighted by Gasteiger charge is -2.10. The van der Waals surface area contributed by atoms with Crippen molar-refractivity contribution in [3.05, 3.63) is 65.7 Å². The maximum absolute atomic E-state index is 12.3. The summed E-state index contributed by atoms with van der Waals surface area (Å²) in [6.07, 6.45) is 0. The molecule has 0 fully saturated rings. The van der Waals surface area contributed by atoms with Crippen LogP contribution >= 0.6 is 0 Å². The highest BCUT2D eigenvalue weighted by Crippen LogP contribution is 2.24. The maximum atomic E-state index is 12.3. The molecule has 0 spiro atoms. The van der Waals surface area contributed by atoms with Crippen molar-refractivity contribution in [3.63, 3.8) is 0 Å². The maximum Gasteiger partial charge on any atom is 0.251 e. The second-order valence-electron chi connectivity index (χ2n) is 8.05. The van der Waals surface area contributed by atoms with E-state index in [0.717, 1.165) is 42.1 Å². The molecular weight excluding hydrogens is 374 g/mol. The zero-order valence-corrected chi connectivity index (χ0v) is 18.2. The Labute approximate surface area is 178 Å². The Morgan fingerprint density at radius 2 is 1.83 bits per heavy atom. The van der Waals surface area contributed by atoms with Gasteiger partial charge in [-0.1, -0.05) is 36.4 Å². The predicted octanol–water partition coefficient (Wildman–Crippen LogP) is 3.53. The minimum Gasteiger partial charge on any atom is -0.350 e. The molecule has 0 unspecified atom stereocenters. The third-order valence-corrected chi connectivity index (χ3v) is 4.75. The highest BCUT2D eigenvalue weighted by atomic mass is 16.1. The average Bonchev–Trinajstić information content (AvgIpc) is 3.21. The van der Waals surface area contributed by atoms with Crippen LogP contribution in [0.3, 0.4) is 0 Å². The van der Waals surface area contributed by atoms with Gasteiger partial charge in [0.15, 0.2) is 0 Å². The van der Waals surface area contributed by atoms with Crippen LogP contribution in [0.25, 0.3) is 22.5 Å². The summed E-state index contributed by atoms with van der Waals surface area (Å²) < 4.78 is 0. The van der Waals surface area contributed by atoms with Gasteiger partial charge in [-0.15, -0.1) is 0 Å². The molecule has 6 nitrogen and oxygen atoms in total. The number of carbonyl (C=O) groups excluding carboxylic acids is 1. The molecule has 0 bridgehead atoms. The first-order chi connectivity index (χ1) is 14.4. The highest BCUT2D eigenvalue weighted by Gasteiger charge is 2.11. The lowest BCUT2D eigenvalue weighted by Crippen LogP contribution is -2.30. The number of rotatable bonds is 9. The molecule has 0 aliphatic rings. The lowest BCUT2D eigenvalue weighted by atomic mass is 10.1. The monoisotopic (exact) mass is 405 g/mol. The SMILES string of the molecule is CC(C)NC(=O)c1cccc(-c2cc(-c3ccc(CNCCN(C)C)cc3)[nH]n2)c1.